The molecule has 1 rings (SSSR count). The molecule has 0 radical (unpaired) electrons. The number of rotatable bonds is 5. The number of benzene rings is 1. The Labute approximate surface area is 134 Å². The van der Waals surface area contributed by atoms with Crippen LogP contribution in [-0.4, -0.2) is 23.2 Å². The Balaban J connectivity index is 2.79. The van der Waals surface area contributed by atoms with Crippen molar-refractivity contribution in [1.29, 1.82) is 0 Å². The van der Waals surface area contributed by atoms with Crippen molar-refractivity contribution in [2.45, 2.75) is 71.6 Å². The summed E-state index contributed by atoms with van der Waals surface area (Å²) in [6.07, 6.45) is 0. The maximum Gasteiger partial charge on any atom is 0.350 e. The van der Waals surface area contributed by atoms with Crippen LogP contribution >= 0.6 is 0 Å². The normalized spacial score (nSPS) is 15.1. The maximum atomic E-state index is 12.2. The fraction of sp³-hybridized carbons (Fsp3) is 0.611. The Bertz CT molecular complexity index is 498. The van der Waals surface area contributed by atoms with E-state index in [2.05, 4.69) is 6.92 Å². The second kappa shape index (κ2) is 6.69. The molecule has 0 aliphatic rings. The van der Waals surface area contributed by atoms with E-state index in [4.69, 9.17) is 15.2 Å². The van der Waals surface area contributed by atoms with E-state index in [9.17, 15) is 4.79 Å². The number of carbonyl (C=O) groups excluding carboxylic acids is 1. The summed E-state index contributed by atoms with van der Waals surface area (Å²) >= 11 is 0. The minimum Gasteiger partial charge on any atom is -0.476 e. The van der Waals surface area contributed by atoms with E-state index in [1.54, 1.807) is 13.8 Å². The van der Waals surface area contributed by atoms with Gasteiger partial charge in [0.25, 0.3) is 0 Å². The number of hydrogen-bond donors (Lipinski definition) is 1. The molecule has 124 valence electrons. The zero-order chi connectivity index (χ0) is 17.1. The van der Waals surface area contributed by atoms with Gasteiger partial charge < -0.3 is 15.2 Å². The lowest BCUT2D eigenvalue weighted by molar-refractivity contribution is -0.170. The monoisotopic (exact) mass is 307 g/mol. The number of ether oxygens (including phenoxy) is 2. The highest BCUT2D eigenvalue weighted by Crippen LogP contribution is 2.25. The van der Waals surface area contributed by atoms with E-state index in [0.29, 0.717) is 5.75 Å². The highest BCUT2D eigenvalue weighted by Gasteiger charge is 2.34. The fourth-order valence-electron chi connectivity index (χ4n) is 1.88. The van der Waals surface area contributed by atoms with Gasteiger partial charge in [0.15, 0.2) is 5.60 Å². The predicted molar refractivity (Wildman–Crippen MR) is 89.1 cm³/mol. The van der Waals surface area contributed by atoms with Crippen LogP contribution in [0.2, 0.25) is 0 Å². The summed E-state index contributed by atoms with van der Waals surface area (Å²) in [6, 6.07) is 7.77. The summed E-state index contributed by atoms with van der Waals surface area (Å²) in [5, 5.41) is 0. The van der Waals surface area contributed by atoms with Gasteiger partial charge in [0.05, 0.1) is 0 Å². The first kappa shape index (κ1) is 18.5. The van der Waals surface area contributed by atoms with Gasteiger partial charge in [-0.25, -0.2) is 4.79 Å². The zero-order valence-corrected chi connectivity index (χ0v) is 14.8. The third-order valence-corrected chi connectivity index (χ3v) is 3.46. The van der Waals surface area contributed by atoms with Crippen LogP contribution in [0.5, 0.6) is 5.75 Å². The maximum absolute atomic E-state index is 12.2. The lowest BCUT2D eigenvalue weighted by Crippen LogP contribution is -2.43. The molecule has 0 fully saturated rings. The summed E-state index contributed by atoms with van der Waals surface area (Å²) in [5.41, 5.74) is 5.49. The molecule has 1 aromatic carbocycles. The average molecular weight is 307 g/mol. The minimum absolute atomic E-state index is 0.0879. The Morgan fingerprint density at radius 1 is 1.05 bits per heavy atom. The summed E-state index contributed by atoms with van der Waals surface area (Å²) in [5.74, 6) is 0.525. The molecule has 2 N–H and O–H groups in total. The highest BCUT2D eigenvalue weighted by atomic mass is 16.6. The standard InChI is InChI=1S/C18H29NO3/c1-12(13(2)19)14-8-10-15(11-9-14)21-18(6,7)16(20)22-17(3,4)5/h8-13H,19H2,1-7H3. The molecule has 0 heterocycles. The van der Waals surface area contributed by atoms with Gasteiger partial charge in [-0.1, -0.05) is 19.1 Å². The van der Waals surface area contributed by atoms with Crippen LogP contribution in [0.1, 0.15) is 59.9 Å². The molecule has 0 aliphatic carbocycles. The van der Waals surface area contributed by atoms with Crippen LogP contribution in [0.3, 0.4) is 0 Å². The molecular formula is C18H29NO3. The second-order valence-corrected chi connectivity index (χ2v) is 7.33. The lowest BCUT2D eigenvalue weighted by atomic mass is 9.95. The molecule has 0 aliphatic heterocycles. The molecule has 2 unspecified atom stereocenters. The number of nitrogens with two attached hydrogens (primary N) is 1. The summed E-state index contributed by atoms with van der Waals surface area (Å²) in [7, 11) is 0. The van der Waals surface area contributed by atoms with Gasteiger partial charge in [0.1, 0.15) is 11.4 Å². The van der Waals surface area contributed by atoms with Crippen LogP contribution in [0.25, 0.3) is 0 Å². The van der Waals surface area contributed by atoms with E-state index in [-0.39, 0.29) is 17.9 Å². The van der Waals surface area contributed by atoms with Gasteiger partial charge in [-0.3, -0.25) is 0 Å². The van der Waals surface area contributed by atoms with Crippen molar-refractivity contribution in [3.63, 3.8) is 0 Å². The molecule has 4 heteroatoms. The zero-order valence-electron chi connectivity index (χ0n) is 14.8. The Kier molecular flexibility index (Phi) is 5.63. The average Bonchev–Trinajstić information content (AvgIpc) is 2.36. The van der Waals surface area contributed by atoms with Crippen LogP contribution in [0, 0.1) is 0 Å². The molecule has 0 saturated heterocycles. The molecule has 22 heavy (non-hydrogen) atoms. The molecule has 2 atom stereocenters. The van der Waals surface area contributed by atoms with E-state index < -0.39 is 11.2 Å². The van der Waals surface area contributed by atoms with Crippen LogP contribution in [-0.2, 0) is 9.53 Å². The number of carbonyl (C=O) groups is 1. The van der Waals surface area contributed by atoms with E-state index in [1.807, 2.05) is 52.0 Å². The fourth-order valence-corrected chi connectivity index (χ4v) is 1.88. The van der Waals surface area contributed by atoms with Gasteiger partial charge in [-0.05, 0) is 65.2 Å². The SMILES string of the molecule is CC(N)C(C)c1ccc(OC(C)(C)C(=O)OC(C)(C)C)cc1. The smallest absolute Gasteiger partial charge is 0.350 e. The van der Waals surface area contributed by atoms with Gasteiger partial charge in [-0.2, -0.15) is 0 Å². The van der Waals surface area contributed by atoms with Crippen molar-refractivity contribution < 1.29 is 14.3 Å². The lowest BCUT2D eigenvalue weighted by Gasteiger charge is -2.29. The first-order chi connectivity index (χ1) is 9.92. The highest BCUT2D eigenvalue weighted by molar-refractivity contribution is 5.79. The van der Waals surface area contributed by atoms with Gasteiger partial charge >= 0.3 is 5.97 Å². The quantitative estimate of drug-likeness (QED) is 0.844. The van der Waals surface area contributed by atoms with Crippen molar-refractivity contribution in [3.05, 3.63) is 29.8 Å². The molecule has 0 saturated carbocycles. The Morgan fingerprint density at radius 3 is 1.95 bits per heavy atom. The molecule has 0 aromatic heterocycles. The first-order valence-corrected chi connectivity index (χ1v) is 7.70. The number of esters is 1. The molecule has 0 bridgehead atoms. The largest absolute Gasteiger partial charge is 0.476 e. The molecule has 1 aromatic rings. The topological polar surface area (TPSA) is 61.5 Å². The number of hydrogen-bond acceptors (Lipinski definition) is 4. The van der Waals surface area contributed by atoms with Crippen LogP contribution < -0.4 is 10.5 Å². The molecule has 0 spiro atoms. The van der Waals surface area contributed by atoms with Crippen molar-refractivity contribution in [3.8, 4) is 5.75 Å². The van der Waals surface area contributed by atoms with Crippen LogP contribution in [0.4, 0.5) is 0 Å². The van der Waals surface area contributed by atoms with Crippen molar-refractivity contribution in [2.24, 2.45) is 5.73 Å². The van der Waals surface area contributed by atoms with Crippen molar-refractivity contribution in [2.75, 3.05) is 0 Å². The summed E-state index contributed by atoms with van der Waals surface area (Å²) in [6.45, 7) is 13.0. The first-order valence-electron chi connectivity index (χ1n) is 7.70. The second-order valence-electron chi connectivity index (χ2n) is 7.33. The molecule has 4 nitrogen and oxygen atoms in total. The van der Waals surface area contributed by atoms with Gasteiger partial charge in [0.2, 0.25) is 0 Å². The minimum atomic E-state index is -1.04. The Morgan fingerprint density at radius 2 is 1.55 bits per heavy atom. The Hall–Kier alpha value is -1.55. The van der Waals surface area contributed by atoms with E-state index in [1.165, 1.54) is 0 Å². The van der Waals surface area contributed by atoms with Gasteiger partial charge in [0, 0.05) is 6.04 Å². The van der Waals surface area contributed by atoms with Gasteiger partial charge in [-0.15, -0.1) is 0 Å². The molecule has 0 amide bonds. The van der Waals surface area contributed by atoms with Crippen LogP contribution in [0.15, 0.2) is 24.3 Å². The van der Waals surface area contributed by atoms with E-state index in [0.717, 1.165) is 5.56 Å². The third-order valence-electron chi connectivity index (χ3n) is 3.46. The van der Waals surface area contributed by atoms with Crippen molar-refractivity contribution in [1.82, 2.24) is 0 Å². The summed E-state index contributed by atoms with van der Waals surface area (Å²) < 4.78 is 11.2. The third kappa shape index (κ3) is 5.34. The summed E-state index contributed by atoms with van der Waals surface area (Å²) in [4.78, 5) is 12.2. The predicted octanol–water partition coefficient (Wildman–Crippen LogP) is 3.64. The molecular weight excluding hydrogens is 278 g/mol. The van der Waals surface area contributed by atoms with E-state index >= 15 is 0 Å². The van der Waals surface area contributed by atoms with Crippen molar-refractivity contribution >= 4 is 5.97 Å².